The predicted octanol–water partition coefficient (Wildman–Crippen LogP) is 1.46. The minimum atomic E-state index is -0.963. The molecule has 8 nitrogen and oxygen atoms in total. The summed E-state index contributed by atoms with van der Waals surface area (Å²) in [4.78, 5) is 41.4. The van der Waals surface area contributed by atoms with Crippen LogP contribution in [0.15, 0.2) is 16.7 Å². The van der Waals surface area contributed by atoms with Crippen LogP contribution in [0.5, 0.6) is 0 Å². The summed E-state index contributed by atoms with van der Waals surface area (Å²) in [7, 11) is 0. The van der Waals surface area contributed by atoms with E-state index in [0.29, 0.717) is 31.6 Å². The van der Waals surface area contributed by atoms with Crippen LogP contribution in [0.1, 0.15) is 38.2 Å². The van der Waals surface area contributed by atoms with E-state index in [1.165, 1.54) is 0 Å². The Morgan fingerprint density at radius 3 is 2.81 bits per heavy atom. The van der Waals surface area contributed by atoms with E-state index in [1.54, 1.807) is 6.20 Å². The second kappa shape index (κ2) is 7.61. The SMILES string of the molecule is CCNC(=O)NC1(C(=O)NC2Cc3cc(Br)cnc3NC2=O)CCCC1. The molecule has 0 radical (unpaired) electrons. The zero-order chi connectivity index (χ0) is 18.7. The monoisotopic (exact) mass is 423 g/mol. The first-order valence-corrected chi connectivity index (χ1v) is 9.55. The molecule has 9 heteroatoms. The average molecular weight is 424 g/mol. The molecule has 1 atom stereocenters. The van der Waals surface area contributed by atoms with Gasteiger partial charge in [0, 0.05) is 23.6 Å². The van der Waals surface area contributed by atoms with Crippen LogP contribution in [0.4, 0.5) is 10.6 Å². The number of carbonyl (C=O) groups excluding carboxylic acids is 3. The molecular weight excluding hydrogens is 402 g/mol. The number of amides is 4. The first-order valence-electron chi connectivity index (χ1n) is 8.76. The number of nitrogens with zero attached hydrogens (tertiary/aromatic N) is 1. The number of hydrogen-bond acceptors (Lipinski definition) is 4. The van der Waals surface area contributed by atoms with Crippen molar-refractivity contribution in [3.8, 4) is 0 Å². The third kappa shape index (κ3) is 3.82. The van der Waals surface area contributed by atoms with Crippen molar-refractivity contribution in [3.05, 3.63) is 22.3 Å². The Balaban J connectivity index is 1.73. The fourth-order valence-corrected chi connectivity index (χ4v) is 3.87. The molecule has 1 unspecified atom stereocenters. The molecule has 1 aliphatic heterocycles. The molecule has 0 spiro atoms. The van der Waals surface area contributed by atoms with Gasteiger partial charge in [-0.1, -0.05) is 12.8 Å². The normalized spacial score (nSPS) is 20.7. The lowest BCUT2D eigenvalue weighted by molar-refractivity contribution is -0.131. The maximum atomic E-state index is 12.9. The van der Waals surface area contributed by atoms with Crippen LogP contribution in [0.25, 0.3) is 0 Å². The van der Waals surface area contributed by atoms with Crippen LogP contribution < -0.4 is 21.3 Å². The standard InChI is InChI=1S/C17H22BrN5O3/c1-2-19-16(26)23-17(5-3-4-6-17)15(25)21-12-8-10-7-11(18)9-20-13(10)22-14(12)24/h7,9,12H,2-6,8H2,1H3,(H,21,25)(H2,19,23,26)(H,20,22,24). The van der Waals surface area contributed by atoms with E-state index in [9.17, 15) is 14.4 Å². The molecule has 140 valence electrons. The second-order valence-corrected chi connectivity index (χ2v) is 7.57. The molecule has 1 saturated carbocycles. The third-order valence-corrected chi connectivity index (χ3v) is 5.24. The smallest absolute Gasteiger partial charge is 0.315 e. The number of anilines is 1. The number of urea groups is 1. The minimum absolute atomic E-state index is 0.299. The maximum absolute atomic E-state index is 12.9. The molecule has 0 aromatic carbocycles. The van der Waals surface area contributed by atoms with Gasteiger partial charge < -0.3 is 21.3 Å². The van der Waals surface area contributed by atoms with Gasteiger partial charge in [0.1, 0.15) is 17.4 Å². The molecule has 0 saturated heterocycles. The van der Waals surface area contributed by atoms with Gasteiger partial charge in [0.15, 0.2) is 0 Å². The van der Waals surface area contributed by atoms with E-state index in [2.05, 4.69) is 42.2 Å². The van der Waals surface area contributed by atoms with Crippen molar-refractivity contribution in [3.63, 3.8) is 0 Å². The van der Waals surface area contributed by atoms with Crippen molar-refractivity contribution in [2.75, 3.05) is 11.9 Å². The number of fused-ring (bicyclic) bond motifs is 1. The van der Waals surface area contributed by atoms with Crippen molar-refractivity contribution in [1.82, 2.24) is 20.9 Å². The van der Waals surface area contributed by atoms with E-state index in [4.69, 9.17) is 0 Å². The number of rotatable bonds is 4. The summed E-state index contributed by atoms with van der Waals surface area (Å²) in [6.07, 6.45) is 4.81. The van der Waals surface area contributed by atoms with Gasteiger partial charge in [0.25, 0.3) is 0 Å². The Morgan fingerprint density at radius 2 is 2.12 bits per heavy atom. The molecule has 1 aliphatic carbocycles. The van der Waals surface area contributed by atoms with Crippen LogP contribution in [-0.4, -0.2) is 41.0 Å². The Labute approximate surface area is 160 Å². The van der Waals surface area contributed by atoms with Crippen LogP contribution in [0, 0.1) is 0 Å². The molecule has 1 aromatic heterocycles. The quantitative estimate of drug-likeness (QED) is 0.586. The van der Waals surface area contributed by atoms with Crippen molar-refractivity contribution >= 4 is 39.6 Å². The molecule has 1 aromatic rings. The number of carbonyl (C=O) groups is 3. The third-order valence-electron chi connectivity index (χ3n) is 4.80. The highest BCUT2D eigenvalue weighted by molar-refractivity contribution is 9.10. The van der Waals surface area contributed by atoms with Gasteiger partial charge in [0.05, 0.1) is 0 Å². The molecule has 0 bridgehead atoms. The molecule has 2 heterocycles. The summed E-state index contributed by atoms with van der Waals surface area (Å²) < 4.78 is 0.808. The Hall–Kier alpha value is -2.16. The van der Waals surface area contributed by atoms with E-state index in [-0.39, 0.29) is 17.8 Å². The summed E-state index contributed by atoms with van der Waals surface area (Å²) in [6.45, 7) is 2.30. The number of aromatic nitrogens is 1. The van der Waals surface area contributed by atoms with Crippen LogP contribution in [0.2, 0.25) is 0 Å². The summed E-state index contributed by atoms with van der Waals surface area (Å²) in [6, 6.07) is 0.815. The summed E-state index contributed by atoms with van der Waals surface area (Å²) in [5.41, 5.74) is -0.114. The average Bonchev–Trinajstić information content (AvgIpc) is 3.06. The Kier molecular flexibility index (Phi) is 5.45. The first kappa shape index (κ1) is 18.6. The molecule has 4 N–H and O–H groups in total. The van der Waals surface area contributed by atoms with Crippen molar-refractivity contribution < 1.29 is 14.4 Å². The van der Waals surface area contributed by atoms with Gasteiger partial charge in [-0.15, -0.1) is 0 Å². The molecule has 2 aliphatic rings. The molecule has 26 heavy (non-hydrogen) atoms. The molecule has 3 rings (SSSR count). The highest BCUT2D eigenvalue weighted by Crippen LogP contribution is 2.31. The van der Waals surface area contributed by atoms with Crippen LogP contribution in [0.3, 0.4) is 0 Å². The van der Waals surface area contributed by atoms with E-state index < -0.39 is 11.6 Å². The second-order valence-electron chi connectivity index (χ2n) is 6.65. The fraction of sp³-hybridized carbons (Fsp3) is 0.529. The van der Waals surface area contributed by atoms with Crippen molar-refractivity contribution in [2.45, 2.75) is 50.6 Å². The van der Waals surface area contributed by atoms with Crippen LogP contribution >= 0.6 is 15.9 Å². The van der Waals surface area contributed by atoms with Crippen molar-refractivity contribution in [2.24, 2.45) is 0 Å². The van der Waals surface area contributed by atoms with Gasteiger partial charge >= 0.3 is 6.03 Å². The summed E-state index contributed by atoms with van der Waals surface area (Å²) in [5, 5.41) is 11.0. The van der Waals surface area contributed by atoms with E-state index in [0.717, 1.165) is 22.9 Å². The summed E-state index contributed by atoms with van der Waals surface area (Å²) in [5.74, 6) is -0.0978. The molecule has 4 amide bonds. The van der Waals surface area contributed by atoms with Gasteiger partial charge in [0.2, 0.25) is 11.8 Å². The highest BCUT2D eigenvalue weighted by atomic mass is 79.9. The predicted molar refractivity (Wildman–Crippen MR) is 99.6 cm³/mol. The summed E-state index contributed by atoms with van der Waals surface area (Å²) >= 11 is 3.36. The number of pyridine rings is 1. The largest absolute Gasteiger partial charge is 0.342 e. The zero-order valence-corrected chi connectivity index (χ0v) is 16.1. The Bertz CT molecular complexity index is 733. The van der Waals surface area contributed by atoms with Gasteiger partial charge in [-0.3, -0.25) is 9.59 Å². The van der Waals surface area contributed by atoms with Gasteiger partial charge in [-0.05, 0) is 47.3 Å². The molecular formula is C17H22BrN5O3. The van der Waals surface area contributed by atoms with Crippen molar-refractivity contribution in [1.29, 1.82) is 0 Å². The molecule has 1 fully saturated rings. The highest BCUT2D eigenvalue weighted by Gasteiger charge is 2.44. The van der Waals surface area contributed by atoms with E-state index >= 15 is 0 Å². The lowest BCUT2D eigenvalue weighted by atomic mass is 9.94. The lowest BCUT2D eigenvalue weighted by Crippen LogP contribution is -2.62. The first-order chi connectivity index (χ1) is 12.4. The lowest BCUT2D eigenvalue weighted by Gasteiger charge is -2.32. The zero-order valence-electron chi connectivity index (χ0n) is 14.5. The van der Waals surface area contributed by atoms with Gasteiger partial charge in [-0.25, -0.2) is 9.78 Å². The maximum Gasteiger partial charge on any atom is 0.315 e. The van der Waals surface area contributed by atoms with E-state index in [1.807, 2.05) is 13.0 Å². The number of halogens is 1. The van der Waals surface area contributed by atoms with Gasteiger partial charge in [-0.2, -0.15) is 0 Å². The number of nitrogens with one attached hydrogen (secondary N) is 4. The topological polar surface area (TPSA) is 112 Å². The minimum Gasteiger partial charge on any atom is -0.342 e. The fourth-order valence-electron chi connectivity index (χ4n) is 3.49. The van der Waals surface area contributed by atoms with Crippen LogP contribution in [-0.2, 0) is 16.0 Å². The Morgan fingerprint density at radius 1 is 1.38 bits per heavy atom. The number of hydrogen-bond donors (Lipinski definition) is 4.